The summed E-state index contributed by atoms with van der Waals surface area (Å²) in [5.74, 6) is 4.22. The predicted molar refractivity (Wildman–Crippen MR) is 70.4 cm³/mol. The minimum absolute atomic E-state index is 0.0412. The minimum atomic E-state index is -0.766. The summed E-state index contributed by atoms with van der Waals surface area (Å²) in [5.41, 5.74) is 3.14. The molecule has 2 rings (SSSR count). The van der Waals surface area contributed by atoms with Gasteiger partial charge in [-0.05, 0) is 39.7 Å². The van der Waals surface area contributed by atoms with Crippen LogP contribution in [-0.4, -0.2) is 4.98 Å². The first-order valence-electron chi connectivity index (χ1n) is 5.29. The third kappa shape index (κ3) is 3.39. The first-order valence-corrected chi connectivity index (χ1v) is 6.08. The quantitative estimate of drug-likeness (QED) is 0.668. The van der Waals surface area contributed by atoms with Gasteiger partial charge >= 0.3 is 0 Å². The summed E-state index contributed by atoms with van der Waals surface area (Å²) in [6, 6.07) is 5.27. The molecule has 0 saturated heterocycles. The van der Waals surface area contributed by atoms with E-state index in [1.165, 1.54) is 0 Å². The number of hydrogen-bond acceptors (Lipinski definition) is 4. The SMILES string of the molecule is NNc1cc(COc2c(F)cc(F)cc2Br)ccn1. The molecule has 0 saturated carbocycles. The molecule has 0 aliphatic carbocycles. The Balaban J connectivity index is 2.14. The van der Waals surface area contributed by atoms with Gasteiger partial charge in [-0.1, -0.05) is 0 Å². The molecule has 0 aliphatic rings. The normalized spacial score (nSPS) is 10.3. The average molecular weight is 330 g/mol. The van der Waals surface area contributed by atoms with Gasteiger partial charge in [0.25, 0.3) is 0 Å². The topological polar surface area (TPSA) is 60.2 Å². The van der Waals surface area contributed by atoms with Crippen LogP contribution in [0.15, 0.2) is 34.9 Å². The Morgan fingerprint density at radius 2 is 2.11 bits per heavy atom. The van der Waals surface area contributed by atoms with Crippen LogP contribution in [-0.2, 0) is 6.61 Å². The lowest BCUT2D eigenvalue weighted by Crippen LogP contribution is -2.09. The summed E-state index contributed by atoms with van der Waals surface area (Å²) in [5, 5.41) is 0. The number of benzene rings is 1. The van der Waals surface area contributed by atoms with Crippen molar-refractivity contribution in [3.8, 4) is 5.75 Å². The number of hydrogen-bond donors (Lipinski definition) is 2. The first kappa shape index (κ1) is 13.7. The second kappa shape index (κ2) is 5.94. The van der Waals surface area contributed by atoms with E-state index < -0.39 is 11.6 Å². The molecule has 19 heavy (non-hydrogen) atoms. The smallest absolute Gasteiger partial charge is 0.169 e. The highest BCUT2D eigenvalue weighted by atomic mass is 79.9. The van der Waals surface area contributed by atoms with E-state index in [0.717, 1.165) is 17.7 Å². The molecule has 2 aromatic rings. The number of anilines is 1. The van der Waals surface area contributed by atoms with E-state index in [4.69, 9.17) is 10.6 Å². The van der Waals surface area contributed by atoms with Crippen molar-refractivity contribution in [3.05, 3.63) is 52.1 Å². The molecular weight excluding hydrogens is 320 g/mol. The maximum Gasteiger partial charge on any atom is 0.169 e. The number of nitrogen functional groups attached to an aromatic ring is 1. The second-order valence-electron chi connectivity index (χ2n) is 3.68. The molecule has 0 radical (unpaired) electrons. The monoisotopic (exact) mass is 329 g/mol. The van der Waals surface area contributed by atoms with Crippen molar-refractivity contribution in [2.75, 3.05) is 5.43 Å². The number of ether oxygens (including phenoxy) is 1. The molecule has 0 amide bonds. The second-order valence-corrected chi connectivity index (χ2v) is 4.54. The van der Waals surface area contributed by atoms with Gasteiger partial charge in [-0.2, -0.15) is 0 Å². The highest BCUT2D eigenvalue weighted by molar-refractivity contribution is 9.10. The molecule has 0 aliphatic heterocycles. The lowest BCUT2D eigenvalue weighted by Gasteiger charge is -2.10. The van der Waals surface area contributed by atoms with Crippen LogP contribution < -0.4 is 16.0 Å². The highest BCUT2D eigenvalue weighted by Crippen LogP contribution is 2.29. The van der Waals surface area contributed by atoms with Crippen molar-refractivity contribution in [2.24, 2.45) is 5.84 Å². The van der Waals surface area contributed by atoms with Crippen LogP contribution in [0, 0.1) is 11.6 Å². The van der Waals surface area contributed by atoms with E-state index in [-0.39, 0.29) is 16.8 Å². The molecule has 1 aromatic heterocycles. The minimum Gasteiger partial charge on any atom is -0.485 e. The molecular formula is C12H10BrF2N3O. The lowest BCUT2D eigenvalue weighted by atomic mass is 10.2. The molecule has 1 heterocycles. The van der Waals surface area contributed by atoms with Crippen LogP contribution in [0.4, 0.5) is 14.6 Å². The van der Waals surface area contributed by atoms with Crippen LogP contribution in [0.3, 0.4) is 0 Å². The number of hydrazine groups is 1. The van der Waals surface area contributed by atoms with E-state index in [2.05, 4.69) is 26.3 Å². The molecule has 4 nitrogen and oxygen atoms in total. The molecule has 0 fully saturated rings. The molecule has 100 valence electrons. The Bertz CT molecular complexity index is 572. The molecule has 0 spiro atoms. The Labute approximate surface area is 116 Å². The number of nitrogens with two attached hydrogens (primary N) is 1. The van der Waals surface area contributed by atoms with Gasteiger partial charge in [-0.25, -0.2) is 19.6 Å². The first-order chi connectivity index (χ1) is 9.10. The number of aromatic nitrogens is 1. The lowest BCUT2D eigenvalue weighted by molar-refractivity contribution is 0.287. The number of nitrogens with one attached hydrogen (secondary N) is 1. The highest BCUT2D eigenvalue weighted by Gasteiger charge is 2.11. The summed E-state index contributed by atoms with van der Waals surface area (Å²) in [4.78, 5) is 3.93. The zero-order valence-corrected chi connectivity index (χ0v) is 11.2. The Morgan fingerprint density at radius 3 is 2.79 bits per heavy atom. The fourth-order valence-corrected chi connectivity index (χ4v) is 1.99. The average Bonchev–Trinajstić information content (AvgIpc) is 2.37. The maximum absolute atomic E-state index is 13.5. The van der Waals surface area contributed by atoms with E-state index in [1.807, 2.05) is 0 Å². The van der Waals surface area contributed by atoms with Gasteiger partial charge < -0.3 is 10.2 Å². The van der Waals surface area contributed by atoms with Crippen molar-refractivity contribution in [1.29, 1.82) is 0 Å². The van der Waals surface area contributed by atoms with Crippen LogP contribution in [0.1, 0.15) is 5.56 Å². The van der Waals surface area contributed by atoms with E-state index >= 15 is 0 Å². The third-order valence-corrected chi connectivity index (χ3v) is 2.91. The number of nitrogens with zero attached hydrogens (tertiary/aromatic N) is 1. The van der Waals surface area contributed by atoms with Crippen LogP contribution in [0.5, 0.6) is 5.75 Å². The maximum atomic E-state index is 13.5. The largest absolute Gasteiger partial charge is 0.485 e. The molecule has 1 aromatic carbocycles. The van der Waals surface area contributed by atoms with Gasteiger partial charge in [0.15, 0.2) is 11.6 Å². The van der Waals surface area contributed by atoms with Gasteiger partial charge in [-0.3, -0.25) is 0 Å². The Morgan fingerprint density at radius 1 is 1.32 bits per heavy atom. The van der Waals surface area contributed by atoms with Crippen molar-refractivity contribution in [1.82, 2.24) is 4.98 Å². The fraction of sp³-hybridized carbons (Fsp3) is 0.0833. The standard InChI is InChI=1S/C12H10BrF2N3O/c13-9-4-8(14)5-10(15)12(9)19-6-7-1-2-17-11(3-7)18-16/h1-5H,6,16H2,(H,17,18). The van der Waals surface area contributed by atoms with Gasteiger partial charge in [0.05, 0.1) is 4.47 Å². The predicted octanol–water partition coefficient (Wildman–Crippen LogP) is 2.99. The van der Waals surface area contributed by atoms with Gasteiger partial charge in [0.1, 0.15) is 18.2 Å². The summed E-state index contributed by atoms with van der Waals surface area (Å²) in [6.45, 7) is 0.109. The third-order valence-electron chi connectivity index (χ3n) is 2.32. The van der Waals surface area contributed by atoms with E-state index in [9.17, 15) is 8.78 Å². The number of pyridine rings is 1. The van der Waals surface area contributed by atoms with Crippen LogP contribution in [0.25, 0.3) is 0 Å². The summed E-state index contributed by atoms with van der Waals surface area (Å²) in [7, 11) is 0. The van der Waals surface area contributed by atoms with Crippen LogP contribution in [0.2, 0.25) is 0 Å². The molecule has 7 heteroatoms. The zero-order valence-electron chi connectivity index (χ0n) is 9.66. The van der Waals surface area contributed by atoms with E-state index in [1.54, 1.807) is 18.3 Å². The van der Waals surface area contributed by atoms with E-state index in [0.29, 0.717) is 5.82 Å². The molecule has 0 unspecified atom stereocenters. The molecule has 3 N–H and O–H groups in total. The Hall–Kier alpha value is -1.73. The summed E-state index contributed by atoms with van der Waals surface area (Å²) < 4.78 is 32.0. The summed E-state index contributed by atoms with van der Waals surface area (Å²) in [6.07, 6.45) is 1.55. The number of rotatable bonds is 4. The van der Waals surface area contributed by atoms with Gasteiger partial charge in [0.2, 0.25) is 0 Å². The van der Waals surface area contributed by atoms with Gasteiger partial charge in [-0.15, -0.1) is 0 Å². The van der Waals surface area contributed by atoms with Crippen molar-refractivity contribution >= 4 is 21.7 Å². The van der Waals surface area contributed by atoms with Crippen LogP contribution >= 0.6 is 15.9 Å². The van der Waals surface area contributed by atoms with Gasteiger partial charge in [0, 0.05) is 12.3 Å². The molecule has 0 bridgehead atoms. The summed E-state index contributed by atoms with van der Waals surface area (Å²) >= 11 is 3.05. The number of halogens is 3. The fourth-order valence-electron chi connectivity index (χ4n) is 1.47. The van der Waals surface area contributed by atoms with Crippen molar-refractivity contribution in [3.63, 3.8) is 0 Å². The van der Waals surface area contributed by atoms with Crippen molar-refractivity contribution < 1.29 is 13.5 Å². The van der Waals surface area contributed by atoms with Crippen molar-refractivity contribution in [2.45, 2.75) is 6.61 Å². The Kier molecular flexibility index (Phi) is 4.28. The zero-order chi connectivity index (χ0) is 13.8. The molecule has 0 atom stereocenters.